The Balaban J connectivity index is 1.70. The summed E-state index contributed by atoms with van der Waals surface area (Å²) in [5, 5.41) is 1.16. The molecule has 0 aliphatic heterocycles. The third kappa shape index (κ3) is 2.72. The SMILES string of the molecule is COC(=O)c1cc(C2CC2)cnc1Cc1ccc2[nH]ccc2c1. The number of methoxy groups -OCH3 is 1. The van der Waals surface area contributed by atoms with E-state index in [0.717, 1.165) is 27.7 Å². The number of carbonyl (C=O) groups excluding carboxylic acids is 1. The molecule has 0 amide bonds. The van der Waals surface area contributed by atoms with Gasteiger partial charge in [0.15, 0.2) is 0 Å². The molecular weight excluding hydrogens is 288 g/mol. The molecule has 4 nitrogen and oxygen atoms in total. The molecule has 3 aromatic rings. The summed E-state index contributed by atoms with van der Waals surface area (Å²) < 4.78 is 4.94. The molecule has 2 aromatic heterocycles. The van der Waals surface area contributed by atoms with Crippen LogP contribution in [0.25, 0.3) is 10.9 Å². The topological polar surface area (TPSA) is 55.0 Å². The van der Waals surface area contributed by atoms with Crippen molar-refractivity contribution in [3.05, 3.63) is 65.1 Å². The lowest BCUT2D eigenvalue weighted by molar-refractivity contribution is 0.0599. The van der Waals surface area contributed by atoms with Crippen molar-refractivity contribution in [3.8, 4) is 0 Å². The first-order chi connectivity index (χ1) is 11.2. The van der Waals surface area contributed by atoms with E-state index < -0.39 is 0 Å². The molecule has 0 saturated heterocycles. The maximum absolute atomic E-state index is 12.1. The first-order valence-corrected chi connectivity index (χ1v) is 7.88. The summed E-state index contributed by atoms with van der Waals surface area (Å²) in [4.78, 5) is 19.9. The number of benzene rings is 1. The summed E-state index contributed by atoms with van der Waals surface area (Å²) in [5.41, 5.74) is 4.75. The number of aromatic amines is 1. The lowest BCUT2D eigenvalue weighted by Gasteiger charge is -2.09. The molecule has 0 atom stereocenters. The van der Waals surface area contributed by atoms with Crippen LogP contribution in [0.5, 0.6) is 0 Å². The average molecular weight is 306 g/mol. The fraction of sp³-hybridized carbons (Fsp3) is 0.263. The Kier molecular flexibility index (Phi) is 3.37. The fourth-order valence-electron chi connectivity index (χ4n) is 2.98. The monoisotopic (exact) mass is 306 g/mol. The number of rotatable bonds is 4. The largest absolute Gasteiger partial charge is 0.465 e. The molecule has 0 unspecified atom stereocenters. The Bertz CT molecular complexity index is 878. The second kappa shape index (κ2) is 5.54. The van der Waals surface area contributed by atoms with Gasteiger partial charge in [0.1, 0.15) is 0 Å². The van der Waals surface area contributed by atoms with Gasteiger partial charge in [-0.15, -0.1) is 0 Å². The van der Waals surface area contributed by atoms with Gasteiger partial charge in [0.25, 0.3) is 0 Å². The Morgan fingerprint density at radius 1 is 1.30 bits per heavy atom. The number of pyridine rings is 1. The maximum atomic E-state index is 12.1. The molecule has 1 aliphatic rings. The number of ether oxygens (including phenoxy) is 1. The summed E-state index contributed by atoms with van der Waals surface area (Å²) in [5.74, 6) is 0.258. The molecule has 1 saturated carbocycles. The Morgan fingerprint density at radius 3 is 2.96 bits per heavy atom. The van der Waals surface area contributed by atoms with Gasteiger partial charge in [0, 0.05) is 24.3 Å². The lowest BCUT2D eigenvalue weighted by Crippen LogP contribution is -2.09. The normalized spacial score (nSPS) is 14.1. The van der Waals surface area contributed by atoms with Crippen LogP contribution in [0.3, 0.4) is 0 Å². The number of esters is 1. The van der Waals surface area contributed by atoms with Crippen molar-refractivity contribution in [2.75, 3.05) is 7.11 Å². The van der Waals surface area contributed by atoms with Crippen molar-refractivity contribution < 1.29 is 9.53 Å². The number of aromatic nitrogens is 2. The summed E-state index contributed by atoms with van der Waals surface area (Å²) >= 11 is 0. The van der Waals surface area contributed by atoms with E-state index in [4.69, 9.17) is 4.74 Å². The number of carbonyl (C=O) groups is 1. The highest BCUT2D eigenvalue weighted by molar-refractivity contribution is 5.91. The van der Waals surface area contributed by atoms with Crippen LogP contribution in [0.2, 0.25) is 0 Å². The van der Waals surface area contributed by atoms with Crippen LogP contribution in [0.1, 0.15) is 45.9 Å². The van der Waals surface area contributed by atoms with E-state index in [9.17, 15) is 4.79 Å². The Hall–Kier alpha value is -2.62. The van der Waals surface area contributed by atoms with Crippen LogP contribution in [-0.2, 0) is 11.2 Å². The standard InChI is InChI=1S/C19H18N2O2/c1-23-19(22)16-10-15(13-3-4-13)11-21-18(16)9-12-2-5-17-14(8-12)6-7-20-17/h2,5-8,10-11,13,20H,3-4,9H2,1H3. The molecule has 4 heteroatoms. The zero-order chi connectivity index (χ0) is 15.8. The van der Waals surface area contributed by atoms with E-state index in [1.165, 1.54) is 20.0 Å². The van der Waals surface area contributed by atoms with Gasteiger partial charge >= 0.3 is 5.97 Å². The zero-order valence-electron chi connectivity index (χ0n) is 13.0. The first-order valence-electron chi connectivity index (χ1n) is 7.88. The van der Waals surface area contributed by atoms with Gasteiger partial charge in [-0.3, -0.25) is 4.98 Å². The average Bonchev–Trinajstić information content (AvgIpc) is 3.32. The van der Waals surface area contributed by atoms with E-state index >= 15 is 0 Å². The lowest BCUT2D eigenvalue weighted by atomic mass is 10.0. The van der Waals surface area contributed by atoms with Crippen LogP contribution < -0.4 is 0 Å². The van der Waals surface area contributed by atoms with E-state index in [2.05, 4.69) is 28.2 Å². The van der Waals surface area contributed by atoms with Gasteiger partial charge in [0.2, 0.25) is 0 Å². The smallest absolute Gasteiger partial charge is 0.339 e. The minimum absolute atomic E-state index is 0.308. The zero-order valence-corrected chi connectivity index (χ0v) is 13.0. The van der Waals surface area contributed by atoms with Gasteiger partial charge < -0.3 is 9.72 Å². The van der Waals surface area contributed by atoms with Crippen LogP contribution >= 0.6 is 0 Å². The van der Waals surface area contributed by atoms with Crippen LogP contribution in [-0.4, -0.2) is 23.0 Å². The van der Waals surface area contributed by atoms with E-state index in [1.54, 1.807) is 0 Å². The number of hydrogen-bond donors (Lipinski definition) is 1. The predicted octanol–water partition coefficient (Wildman–Crippen LogP) is 3.82. The first kappa shape index (κ1) is 14.0. The number of nitrogens with one attached hydrogen (secondary N) is 1. The molecular formula is C19H18N2O2. The summed E-state index contributed by atoms with van der Waals surface area (Å²) in [6.07, 6.45) is 6.83. The number of fused-ring (bicyclic) bond motifs is 1. The van der Waals surface area contributed by atoms with Gasteiger partial charge in [-0.1, -0.05) is 6.07 Å². The summed E-state index contributed by atoms with van der Waals surface area (Å²) in [6.45, 7) is 0. The number of hydrogen-bond acceptors (Lipinski definition) is 3. The molecule has 1 aliphatic carbocycles. The molecule has 0 spiro atoms. The van der Waals surface area contributed by atoms with Crippen LogP contribution in [0.15, 0.2) is 42.7 Å². The van der Waals surface area contributed by atoms with Gasteiger partial charge in [-0.2, -0.15) is 0 Å². The van der Waals surface area contributed by atoms with Crippen LogP contribution in [0.4, 0.5) is 0 Å². The van der Waals surface area contributed by atoms with Crippen molar-refractivity contribution >= 4 is 16.9 Å². The molecule has 1 aromatic carbocycles. The minimum Gasteiger partial charge on any atom is -0.465 e. The second-order valence-electron chi connectivity index (χ2n) is 6.10. The van der Waals surface area contributed by atoms with Gasteiger partial charge in [-0.05, 0) is 59.5 Å². The number of H-pyrrole nitrogens is 1. The van der Waals surface area contributed by atoms with E-state index in [0.29, 0.717) is 17.9 Å². The van der Waals surface area contributed by atoms with E-state index in [1.807, 2.05) is 24.5 Å². The fourth-order valence-corrected chi connectivity index (χ4v) is 2.98. The Morgan fingerprint density at radius 2 is 2.17 bits per heavy atom. The minimum atomic E-state index is -0.308. The quantitative estimate of drug-likeness (QED) is 0.746. The molecule has 2 heterocycles. The van der Waals surface area contributed by atoms with Crippen molar-refractivity contribution in [3.63, 3.8) is 0 Å². The second-order valence-corrected chi connectivity index (χ2v) is 6.10. The highest BCUT2D eigenvalue weighted by atomic mass is 16.5. The Labute approximate surface area is 134 Å². The van der Waals surface area contributed by atoms with Gasteiger partial charge in [-0.25, -0.2) is 4.79 Å². The van der Waals surface area contributed by atoms with E-state index in [-0.39, 0.29) is 5.97 Å². The molecule has 0 radical (unpaired) electrons. The molecule has 116 valence electrons. The third-order valence-corrected chi connectivity index (χ3v) is 4.43. The third-order valence-electron chi connectivity index (χ3n) is 4.43. The number of nitrogens with zero attached hydrogens (tertiary/aromatic N) is 1. The maximum Gasteiger partial charge on any atom is 0.339 e. The molecule has 0 bridgehead atoms. The molecule has 4 rings (SSSR count). The molecule has 23 heavy (non-hydrogen) atoms. The molecule has 1 fully saturated rings. The van der Waals surface area contributed by atoms with Crippen molar-refractivity contribution in [2.24, 2.45) is 0 Å². The van der Waals surface area contributed by atoms with Crippen molar-refractivity contribution in [2.45, 2.75) is 25.2 Å². The van der Waals surface area contributed by atoms with Crippen LogP contribution in [0, 0.1) is 0 Å². The van der Waals surface area contributed by atoms with Crippen molar-refractivity contribution in [1.29, 1.82) is 0 Å². The van der Waals surface area contributed by atoms with Crippen molar-refractivity contribution in [1.82, 2.24) is 9.97 Å². The summed E-state index contributed by atoms with van der Waals surface area (Å²) in [6, 6.07) is 10.3. The highest BCUT2D eigenvalue weighted by Gasteiger charge is 2.26. The van der Waals surface area contributed by atoms with Gasteiger partial charge in [0.05, 0.1) is 18.4 Å². The molecule has 1 N–H and O–H groups in total. The highest BCUT2D eigenvalue weighted by Crippen LogP contribution is 2.40. The summed E-state index contributed by atoms with van der Waals surface area (Å²) in [7, 11) is 1.42. The predicted molar refractivity (Wildman–Crippen MR) is 88.7 cm³/mol.